The summed E-state index contributed by atoms with van der Waals surface area (Å²) in [6.45, 7) is 6.19. The minimum absolute atomic E-state index is 0.0294. The number of hydrogen-bond acceptors (Lipinski definition) is 4. The lowest BCUT2D eigenvalue weighted by Crippen LogP contribution is -2.38. The molecule has 0 fully saturated rings. The molecule has 0 saturated heterocycles. The first kappa shape index (κ1) is 23.2. The highest BCUT2D eigenvalue weighted by Gasteiger charge is 2.26. The zero-order valence-corrected chi connectivity index (χ0v) is 18.1. The number of quaternary nitrogens is 1. The maximum atomic E-state index is 12.1. The second-order valence-electron chi connectivity index (χ2n) is 6.53. The summed E-state index contributed by atoms with van der Waals surface area (Å²) < 4.78 is 6.00. The van der Waals surface area contributed by atoms with E-state index in [1.54, 1.807) is 12.1 Å². The number of aliphatic hydroxyl groups is 1. The van der Waals surface area contributed by atoms with Crippen molar-refractivity contribution in [3.63, 3.8) is 0 Å². The van der Waals surface area contributed by atoms with Crippen molar-refractivity contribution in [2.24, 2.45) is 0 Å². The molecule has 0 aromatic heterocycles. The first-order valence-corrected chi connectivity index (χ1v) is 10.4. The van der Waals surface area contributed by atoms with Gasteiger partial charge in [-0.3, -0.25) is 0 Å². The van der Waals surface area contributed by atoms with Crippen LogP contribution in [0, 0.1) is 0 Å². The van der Waals surface area contributed by atoms with Crippen molar-refractivity contribution < 1.29 is 18.6 Å². The molecule has 148 valence electrons. The van der Waals surface area contributed by atoms with Gasteiger partial charge in [0.1, 0.15) is 13.2 Å². The van der Waals surface area contributed by atoms with Gasteiger partial charge in [-0.25, -0.2) is 8.80 Å². The summed E-state index contributed by atoms with van der Waals surface area (Å²) in [4.78, 5) is 12.1. The normalized spacial score (nSPS) is 13.4. The van der Waals surface area contributed by atoms with Crippen LogP contribution in [-0.4, -0.2) is 41.4 Å². The summed E-state index contributed by atoms with van der Waals surface area (Å²) in [7, 11) is 0. The number of benzene rings is 1. The number of rotatable bonds is 12. The van der Waals surface area contributed by atoms with Gasteiger partial charge in [0.25, 0.3) is 0 Å². The summed E-state index contributed by atoms with van der Waals surface area (Å²) >= 11 is 10.2. The number of halogens is 2. The van der Waals surface area contributed by atoms with E-state index in [9.17, 15) is 4.79 Å². The van der Waals surface area contributed by atoms with E-state index in [4.69, 9.17) is 27.4 Å². The minimum atomic E-state index is -0.482. The van der Waals surface area contributed by atoms with Crippen LogP contribution in [0.5, 0.6) is 0 Å². The summed E-state index contributed by atoms with van der Waals surface area (Å²) in [5.41, 5.74) is 8.01. The molecule has 1 atom stereocenters. The van der Waals surface area contributed by atoms with Crippen molar-refractivity contribution in [2.45, 2.75) is 52.5 Å². The second-order valence-corrected chi connectivity index (χ2v) is 8.10. The van der Waals surface area contributed by atoms with Crippen molar-refractivity contribution in [2.75, 3.05) is 32.0 Å². The van der Waals surface area contributed by atoms with Gasteiger partial charge in [-0.2, -0.15) is 0 Å². The highest BCUT2D eigenvalue weighted by atomic mass is 79.9. The fourth-order valence-corrected chi connectivity index (χ4v) is 3.55. The zero-order valence-electron chi connectivity index (χ0n) is 15.8. The average Bonchev–Trinajstić information content (AvgIpc) is 2.63. The molecular weight excluding hydrogens is 420 g/mol. The number of carbonyl (C=O) groups excluding carboxylic acids is 1. The fourth-order valence-electron chi connectivity index (χ4n) is 2.80. The number of ether oxygens (including phenoxy) is 1. The Morgan fingerprint density at radius 3 is 2.58 bits per heavy atom. The van der Waals surface area contributed by atoms with E-state index in [0.29, 0.717) is 26.3 Å². The van der Waals surface area contributed by atoms with Crippen molar-refractivity contribution in [1.82, 2.24) is 0 Å². The SMILES string of the molecule is CCCCCCC[N+](Cl)(CC)Cc1cc(C(=O)OCCO)cc(Br)c1N. The summed E-state index contributed by atoms with van der Waals surface area (Å²) in [6, 6.07) is 3.38. The van der Waals surface area contributed by atoms with Gasteiger partial charge in [-0.05, 0) is 47.8 Å². The van der Waals surface area contributed by atoms with Crippen LogP contribution in [0.2, 0.25) is 0 Å². The molecule has 0 bridgehead atoms. The Morgan fingerprint density at radius 1 is 1.27 bits per heavy atom. The molecule has 5 nitrogen and oxygen atoms in total. The molecule has 0 aliphatic carbocycles. The predicted molar refractivity (Wildman–Crippen MR) is 110 cm³/mol. The van der Waals surface area contributed by atoms with Crippen LogP contribution in [0.15, 0.2) is 16.6 Å². The molecule has 0 amide bonds. The molecular formula is C19H31BrClN2O3+. The van der Waals surface area contributed by atoms with Crippen LogP contribution >= 0.6 is 27.7 Å². The first-order valence-electron chi connectivity index (χ1n) is 9.28. The number of hydrogen-bond donors (Lipinski definition) is 2. The van der Waals surface area contributed by atoms with Gasteiger partial charge < -0.3 is 15.6 Å². The van der Waals surface area contributed by atoms with Gasteiger partial charge in [-0.1, -0.05) is 26.2 Å². The van der Waals surface area contributed by atoms with E-state index >= 15 is 0 Å². The number of nitrogens with zero attached hydrogens (tertiary/aromatic N) is 1. The van der Waals surface area contributed by atoms with Crippen LogP contribution in [0.4, 0.5) is 5.69 Å². The lowest BCUT2D eigenvalue weighted by Gasteiger charge is -2.29. The molecule has 0 radical (unpaired) electrons. The number of nitrogen functional groups attached to an aromatic ring is 1. The Hall–Kier alpha value is -0.820. The Kier molecular flexibility index (Phi) is 10.5. The van der Waals surface area contributed by atoms with E-state index in [1.165, 1.54) is 25.7 Å². The van der Waals surface area contributed by atoms with Crippen molar-refractivity contribution in [3.05, 3.63) is 27.7 Å². The van der Waals surface area contributed by atoms with Crippen LogP contribution < -0.4 is 5.73 Å². The number of unbranched alkanes of at least 4 members (excludes halogenated alkanes) is 4. The number of esters is 1. The van der Waals surface area contributed by atoms with Gasteiger partial charge in [0.2, 0.25) is 0 Å². The fraction of sp³-hybridized carbons (Fsp3) is 0.632. The van der Waals surface area contributed by atoms with E-state index in [2.05, 4.69) is 29.8 Å². The van der Waals surface area contributed by atoms with Crippen LogP contribution in [0.1, 0.15) is 61.9 Å². The molecule has 0 aliphatic rings. The molecule has 3 N–H and O–H groups in total. The van der Waals surface area contributed by atoms with Crippen LogP contribution in [0.25, 0.3) is 0 Å². The largest absolute Gasteiger partial charge is 0.460 e. The lowest BCUT2D eigenvalue weighted by atomic mass is 10.1. The number of anilines is 1. The van der Waals surface area contributed by atoms with Crippen molar-refractivity contribution in [3.8, 4) is 0 Å². The van der Waals surface area contributed by atoms with E-state index in [0.717, 1.165) is 25.1 Å². The van der Waals surface area contributed by atoms with Gasteiger partial charge in [0, 0.05) is 10.0 Å². The number of aliphatic hydroxyl groups excluding tert-OH is 1. The zero-order chi connectivity index (χ0) is 19.6. The standard InChI is InChI=1S/C19H30BrClN2O3/c1-3-5-6-7-8-9-23(21,4-2)14-16-12-15(13-17(20)18(16)22)19(25)26-11-10-24/h12-13,24H,3-11,14H2,1-2H3,(H-,22,25)/p+1. The maximum Gasteiger partial charge on any atom is 0.338 e. The topological polar surface area (TPSA) is 72.5 Å². The third-order valence-corrected chi connectivity index (χ3v) is 5.64. The molecule has 0 heterocycles. The highest BCUT2D eigenvalue weighted by Crippen LogP contribution is 2.30. The smallest absolute Gasteiger partial charge is 0.338 e. The predicted octanol–water partition coefficient (Wildman–Crippen LogP) is 4.64. The Balaban J connectivity index is 2.87. The molecule has 0 saturated carbocycles. The average molecular weight is 451 g/mol. The van der Waals surface area contributed by atoms with Crippen LogP contribution in [-0.2, 0) is 11.3 Å². The molecule has 1 unspecified atom stereocenters. The van der Waals surface area contributed by atoms with Gasteiger partial charge >= 0.3 is 5.97 Å². The first-order chi connectivity index (χ1) is 12.4. The second kappa shape index (κ2) is 11.8. The third kappa shape index (κ3) is 7.43. The monoisotopic (exact) mass is 449 g/mol. The number of nitrogens with two attached hydrogens (primary N) is 1. The molecule has 7 heteroatoms. The number of carbonyl (C=O) groups is 1. The molecule has 26 heavy (non-hydrogen) atoms. The third-order valence-electron chi connectivity index (χ3n) is 4.46. The summed E-state index contributed by atoms with van der Waals surface area (Å²) in [6.07, 6.45) is 5.95. The Labute approximate surface area is 170 Å². The van der Waals surface area contributed by atoms with Gasteiger partial charge in [-0.15, -0.1) is 0 Å². The van der Waals surface area contributed by atoms with Crippen molar-refractivity contribution >= 4 is 39.4 Å². The van der Waals surface area contributed by atoms with E-state index < -0.39 is 5.97 Å². The summed E-state index contributed by atoms with van der Waals surface area (Å²) in [5.74, 6) is -0.482. The van der Waals surface area contributed by atoms with Gasteiger partial charge in [0.15, 0.2) is 11.8 Å². The minimum Gasteiger partial charge on any atom is -0.460 e. The molecule has 1 aromatic carbocycles. The molecule has 1 rings (SSSR count). The Bertz CT molecular complexity index is 586. The molecule has 0 aliphatic heterocycles. The van der Waals surface area contributed by atoms with Crippen molar-refractivity contribution in [1.29, 1.82) is 0 Å². The van der Waals surface area contributed by atoms with E-state index in [1.807, 2.05) is 0 Å². The van der Waals surface area contributed by atoms with Gasteiger partial charge in [0.05, 0.1) is 30.9 Å². The maximum absolute atomic E-state index is 12.1. The Morgan fingerprint density at radius 2 is 1.96 bits per heavy atom. The lowest BCUT2D eigenvalue weighted by molar-refractivity contribution is -0.827. The summed E-state index contributed by atoms with van der Waals surface area (Å²) in [5, 5.41) is 8.81. The highest BCUT2D eigenvalue weighted by molar-refractivity contribution is 9.10. The van der Waals surface area contributed by atoms with E-state index in [-0.39, 0.29) is 13.2 Å². The molecule has 0 spiro atoms. The molecule has 1 aromatic rings. The quantitative estimate of drug-likeness (QED) is 0.210. The van der Waals surface area contributed by atoms with Crippen LogP contribution in [0.3, 0.4) is 0 Å².